The lowest BCUT2D eigenvalue weighted by molar-refractivity contribution is -0.135. The SMILES string of the molecule is CN(CCc1cn[nH]c1)C(=O)C1CCC(NC(=O)CC[C@@H]2NC(=O)NC2=O)CC1. The topological polar surface area (TPSA) is 136 Å². The first kappa shape index (κ1) is 20.8. The summed E-state index contributed by atoms with van der Waals surface area (Å²) in [5.74, 6) is -0.374. The van der Waals surface area contributed by atoms with Crippen molar-refractivity contribution in [2.45, 2.75) is 57.0 Å². The maximum absolute atomic E-state index is 12.6. The van der Waals surface area contributed by atoms with Gasteiger partial charge in [0.1, 0.15) is 6.04 Å². The van der Waals surface area contributed by atoms with Crippen molar-refractivity contribution in [2.75, 3.05) is 13.6 Å². The molecule has 0 radical (unpaired) electrons. The monoisotopic (exact) mass is 404 g/mol. The number of imide groups is 1. The Hall–Kier alpha value is -2.91. The number of carbonyl (C=O) groups excluding carboxylic acids is 4. The molecule has 1 aromatic rings. The zero-order chi connectivity index (χ0) is 20.8. The molecule has 158 valence electrons. The largest absolute Gasteiger partial charge is 0.353 e. The van der Waals surface area contributed by atoms with Gasteiger partial charge in [-0.05, 0) is 44.1 Å². The van der Waals surface area contributed by atoms with Crippen LogP contribution in [-0.4, -0.2) is 64.5 Å². The number of hydrogen-bond donors (Lipinski definition) is 4. The van der Waals surface area contributed by atoms with Crippen molar-refractivity contribution in [3.8, 4) is 0 Å². The number of aromatic amines is 1. The normalized spacial score (nSPS) is 24.0. The van der Waals surface area contributed by atoms with Crippen LogP contribution in [0.25, 0.3) is 0 Å². The maximum Gasteiger partial charge on any atom is 0.322 e. The Morgan fingerprint density at radius 1 is 1.24 bits per heavy atom. The number of urea groups is 1. The summed E-state index contributed by atoms with van der Waals surface area (Å²) in [6.07, 6.45) is 7.84. The Bertz CT molecular complexity index is 742. The number of hydrogen-bond acceptors (Lipinski definition) is 5. The van der Waals surface area contributed by atoms with Gasteiger partial charge < -0.3 is 15.5 Å². The van der Waals surface area contributed by atoms with Gasteiger partial charge in [0.2, 0.25) is 11.8 Å². The molecule has 5 amide bonds. The smallest absolute Gasteiger partial charge is 0.322 e. The highest BCUT2D eigenvalue weighted by molar-refractivity contribution is 6.04. The van der Waals surface area contributed by atoms with Crippen molar-refractivity contribution in [3.05, 3.63) is 18.0 Å². The molecule has 1 saturated carbocycles. The third-order valence-electron chi connectivity index (χ3n) is 5.63. The molecular formula is C19H28N6O4. The summed E-state index contributed by atoms with van der Waals surface area (Å²) in [4.78, 5) is 49.1. The van der Waals surface area contributed by atoms with Crippen LogP contribution in [0, 0.1) is 5.92 Å². The van der Waals surface area contributed by atoms with Gasteiger partial charge in [0.05, 0.1) is 6.20 Å². The average molecular weight is 404 g/mol. The van der Waals surface area contributed by atoms with E-state index in [-0.39, 0.29) is 36.6 Å². The highest BCUT2D eigenvalue weighted by atomic mass is 16.2. The molecule has 1 aromatic heterocycles. The zero-order valence-corrected chi connectivity index (χ0v) is 16.6. The number of carbonyl (C=O) groups is 4. The molecule has 0 spiro atoms. The second-order valence-electron chi connectivity index (χ2n) is 7.79. The van der Waals surface area contributed by atoms with Crippen molar-refractivity contribution >= 4 is 23.8 Å². The lowest BCUT2D eigenvalue weighted by Crippen LogP contribution is -2.42. The van der Waals surface area contributed by atoms with E-state index in [1.165, 1.54) is 0 Å². The highest BCUT2D eigenvalue weighted by Crippen LogP contribution is 2.26. The third kappa shape index (κ3) is 5.78. The fraction of sp³-hybridized carbons (Fsp3) is 0.632. The van der Waals surface area contributed by atoms with Crippen LogP contribution in [0.15, 0.2) is 12.4 Å². The van der Waals surface area contributed by atoms with Crippen molar-refractivity contribution in [2.24, 2.45) is 5.92 Å². The Balaban J connectivity index is 1.34. The van der Waals surface area contributed by atoms with Gasteiger partial charge in [-0.2, -0.15) is 5.10 Å². The molecule has 1 aliphatic heterocycles. The van der Waals surface area contributed by atoms with Crippen LogP contribution in [0.5, 0.6) is 0 Å². The van der Waals surface area contributed by atoms with Gasteiger partial charge in [-0.25, -0.2) is 4.79 Å². The zero-order valence-electron chi connectivity index (χ0n) is 16.6. The predicted molar refractivity (Wildman–Crippen MR) is 104 cm³/mol. The molecular weight excluding hydrogens is 376 g/mol. The molecule has 2 heterocycles. The molecule has 1 saturated heterocycles. The second kappa shape index (κ2) is 9.53. The van der Waals surface area contributed by atoms with Crippen LogP contribution in [0.4, 0.5) is 4.79 Å². The van der Waals surface area contributed by atoms with Gasteiger partial charge in [-0.15, -0.1) is 0 Å². The van der Waals surface area contributed by atoms with Gasteiger partial charge in [-0.3, -0.25) is 24.8 Å². The average Bonchev–Trinajstić information content (AvgIpc) is 3.33. The van der Waals surface area contributed by atoms with Gasteiger partial charge in [0.15, 0.2) is 0 Å². The molecule has 1 aliphatic carbocycles. The first-order valence-corrected chi connectivity index (χ1v) is 10.1. The lowest BCUT2D eigenvalue weighted by Gasteiger charge is -2.31. The minimum atomic E-state index is -0.640. The predicted octanol–water partition coefficient (Wildman–Crippen LogP) is 0.0738. The van der Waals surface area contributed by atoms with Gasteiger partial charge in [0, 0.05) is 38.2 Å². The molecule has 2 fully saturated rings. The Morgan fingerprint density at radius 3 is 2.62 bits per heavy atom. The third-order valence-corrected chi connectivity index (χ3v) is 5.63. The number of aromatic nitrogens is 2. The number of amides is 5. The summed E-state index contributed by atoms with van der Waals surface area (Å²) in [6, 6.07) is -1.10. The second-order valence-corrected chi connectivity index (χ2v) is 7.79. The first-order valence-electron chi connectivity index (χ1n) is 10.1. The summed E-state index contributed by atoms with van der Waals surface area (Å²) in [5.41, 5.74) is 1.07. The molecule has 29 heavy (non-hydrogen) atoms. The fourth-order valence-electron chi connectivity index (χ4n) is 3.86. The Labute approximate surface area is 169 Å². The molecule has 10 heteroatoms. The molecule has 1 atom stereocenters. The van der Waals surface area contributed by atoms with E-state index in [4.69, 9.17) is 0 Å². The lowest BCUT2D eigenvalue weighted by atomic mass is 9.85. The van der Waals surface area contributed by atoms with Crippen LogP contribution in [-0.2, 0) is 20.8 Å². The van der Waals surface area contributed by atoms with Crippen LogP contribution >= 0.6 is 0 Å². The van der Waals surface area contributed by atoms with E-state index in [0.717, 1.165) is 37.7 Å². The molecule has 0 unspecified atom stereocenters. The molecule has 2 aliphatic rings. The van der Waals surface area contributed by atoms with Gasteiger partial charge >= 0.3 is 6.03 Å². The van der Waals surface area contributed by atoms with Crippen molar-refractivity contribution in [1.82, 2.24) is 31.0 Å². The van der Waals surface area contributed by atoms with Crippen LogP contribution in [0.1, 0.15) is 44.1 Å². The summed E-state index contributed by atoms with van der Waals surface area (Å²) in [5, 5.41) is 14.3. The van der Waals surface area contributed by atoms with Crippen LogP contribution in [0.2, 0.25) is 0 Å². The van der Waals surface area contributed by atoms with E-state index in [0.29, 0.717) is 6.54 Å². The maximum atomic E-state index is 12.6. The number of nitrogens with one attached hydrogen (secondary N) is 4. The van der Waals surface area contributed by atoms with E-state index in [9.17, 15) is 19.2 Å². The van der Waals surface area contributed by atoms with E-state index in [1.54, 1.807) is 11.1 Å². The Kier molecular flexibility index (Phi) is 6.84. The summed E-state index contributed by atoms with van der Waals surface area (Å²) in [7, 11) is 1.83. The van der Waals surface area contributed by atoms with E-state index >= 15 is 0 Å². The summed E-state index contributed by atoms with van der Waals surface area (Å²) in [6.45, 7) is 0.653. The van der Waals surface area contributed by atoms with Crippen molar-refractivity contribution in [1.29, 1.82) is 0 Å². The van der Waals surface area contributed by atoms with Gasteiger partial charge in [-0.1, -0.05) is 0 Å². The van der Waals surface area contributed by atoms with Crippen LogP contribution < -0.4 is 16.0 Å². The minimum absolute atomic E-state index is 0.00472. The van der Waals surface area contributed by atoms with Crippen molar-refractivity contribution in [3.63, 3.8) is 0 Å². The minimum Gasteiger partial charge on any atom is -0.353 e. The van der Waals surface area contributed by atoms with E-state index in [2.05, 4.69) is 26.1 Å². The summed E-state index contributed by atoms with van der Waals surface area (Å²) < 4.78 is 0. The molecule has 0 aromatic carbocycles. The molecule has 4 N–H and O–H groups in total. The fourth-order valence-corrected chi connectivity index (χ4v) is 3.86. The first-order chi connectivity index (χ1) is 13.9. The quantitative estimate of drug-likeness (QED) is 0.455. The number of nitrogens with zero attached hydrogens (tertiary/aromatic N) is 2. The van der Waals surface area contributed by atoms with Crippen molar-refractivity contribution < 1.29 is 19.2 Å². The number of likely N-dealkylation sites (N-methyl/N-ethyl adjacent to an activating group) is 1. The Morgan fingerprint density at radius 2 is 2.00 bits per heavy atom. The molecule has 3 rings (SSSR count). The standard InChI is InChI=1S/C19H28N6O4/c1-25(9-8-12-10-20-21-11-12)18(28)13-2-4-14(5-3-13)22-16(26)7-6-15-17(27)24-19(29)23-15/h10-11,13-15H,2-9H2,1H3,(H,20,21)(H,22,26)(H2,23,24,27,29)/t13?,14?,15-/m0/s1. The molecule has 0 bridgehead atoms. The van der Waals surface area contributed by atoms with Crippen LogP contribution in [0.3, 0.4) is 0 Å². The summed E-state index contributed by atoms with van der Waals surface area (Å²) >= 11 is 0. The molecule has 10 nitrogen and oxygen atoms in total. The van der Waals surface area contributed by atoms with Gasteiger partial charge in [0.25, 0.3) is 5.91 Å². The number of rotatable bonds is 8. The van der Waals surface area contributed by atoms with E-state index < -0.39 is 18.0 Å². The number of H-pyrrole nitrogens is 1. The van der Waals surface area contributed by atoms with E-state index in [1.807, 2.05) is 13.2 Å². The highest BCUT2D eigenvalue weighted by Gasteiger charge is 2.31.